The van der Waals surface area contributed by atoms with Crippen LogP contribution in [0.3, 0.4) is 0 Å². The van der Waals surface area contributed by atoms with Crippen LogP contribution in [0.25, 0.3) is 0 Å². The van der Waals surface area contributed by atoms with Crippen LogP contribution in [0.2, 0.25) is 10.0 Å². The average molecular weight is 416 g/mol. The molecule has 0 saturated carbocycles. The number of benzene rings is 3. The van der Waals surface area contributed by atoms with E-state index in [0.717, 1.165) is 11.1 Å². The quantitative estimate of drug-likeness (QED) is 0.294. The van der Waals surface area contributed by atoms with Crippen molar-refractivity contribution < 1.29 is 9.66 Å². The smallest absolute Gasteiger partial charge is 0.269 e. The molecule has 0 aliphatic rings. The van der Waals surface area contributed by atoms with Crippen LogP contribution in [0.15, 0.2) is 71.8 Å². The molecule has 0 radical (unpaired) electrons. The number of nitro benzene ring substituents is 1. The van der Waals surface area contributed by atoms with Crippen molar-refractivity contribution in [1.29, 1.82) is 0 Å². The van der Waals surface area contributed by atoms with E-state index in [1.54, 1.807) is 30.5 Å². The van der Waals surface area contributed by atoms with E-state index in [2.05, 4.69) is 10.5 Å². The van der Waals surface area contributed by atoms with Gasteiger partial charge >= 0.3 is 0 Å². The molecule has 0 unspecified atom stereocenters. The summed E-state index contributed by atoms with van der Waals surface area (Å²) >= 11 is 11.9. The van der Waals surface area contributed by atoms with Crippen LogP contribution in [0.4, 0.5) is 11.4 Å². The highest BCUT2D eigenvalue weighted by molar-refractivity contribution is 6.42. The molecule has 1 N–H and O–H groups in total. The maximum Gasteiger partial charge on any atom is 0.269 e. The van der Waals surface area contributed by atoms with Gasteiger partial charge in [0, 0.05) is 12.1 Å². The summed E-state index contributed by atoms with van der Waals surface area (Å²) in [6.07, 6.45) is 1.64. The zero-order valence-corrected chi connectivity index (χ0v) is 16.0. The highest BCUT2D eigenvalue weighted by Crippen LogP contribution is 2.23. The second-order valence-electron chi connectivity index (χ2n) is 5.78. The Morgan fingerprint density at radius 2 is 1.71 bits per heavy atom. The van der Waals surface area contributed by atoms with Crippen LogP contribution >= 0.6 is 23.2 Å². The number of non-ortho nitro benzene ring substituents is 1. The minimum atomic E-state index is -0.446. The third-order valence-corrected chi connectivity index (χ3v) is 4.49. The number of ether oxygens (including phenoxy) is 1. The molecule has 6 nitrogen and oxygen atoms in total. The summed E-state index contributed by atoms with van der Waals surface area (Å²) in [4.78, 5) is 10.2. The first-order valence-electron chi connectivity index (χ1n) is 8.21. The van der Waals surface area contributed by atoms with E-state index >= 15 is 0 Å². The van der Waals surface area contributed by atoms with Crippen LogP contribution in [0, 0.1) is 10.1 Å². The Hall–Kier alpha value is -3.09. The second-order valence-corrected chi connectivity index (χ2v) is 6.59. The van der Waals surface area contributed by atoms with Gasteiger partial charge in [0.15, 0.2) is 0 Å². The van der Waals surface area contributed by atoms with E-state index in [4.69, 9.17) is 27.9 Å². The summed E-state index contributed by atoms with van der Waals surface area (Å²) in [5.41, 5.74) is 5.31. The first kappa shape index (κ1) is 19.7. The molecule has 0 aromatic heterocycles. The normalized spacial score (nSPS) is 10.8. The van der Waals surface area contributed by atoms with Gasteiger partial charge in [-0.25, -0.2) is 0 Å². The van der Waals surface area contributed by atoms with E-state index in [1.165, 1.54) is 12.1 Å². The van der Waals surface area contributed by atoms with Crippen LogP contribution in [-0.4, -0.2) is 11.1 Å². The van der Waals surface area contributed by atoms with E-state index in [-0.39, 0.29) is 5.69 Å². The minimum absolute atomic E-state index is 0.0333. The van der Waals surface area contributed by atoms with E-state index < -0.39 is 4.92 Å². The number of nitro groups is 1. The van der Waals surface area contributed by atoms with Gasteiger partial charge in [0.05, 0.1) is 26.9 Å². The van der Waals surface area contributed by atoms with Crippen molar-refractivity contribution in [3.8, 4) is 5.75 Å². The Morgan fingerprint density at radius 1 is 1.00 bits per heavy atom. The number of nitrogens with zero attached hydrogens (tertiary/aromatic N) is 2. The van der Waals surface area contributed by atoms with Gasteiger partial charge in [0.2, 0.25) is 0 Å². The fourth-order valence-electron chi connectivity index (χ4n) is 2.29. The minimum Gasteiger partial charge on any atom is -0.489 e. The lowest BCUT2D eigenvalue weighted by Crippen LogP contribution is -1.96. The summed E-state index contributed by atoms with van der Waals surface area (Å²) in [7, 11) is 0. The molecule has 0 aliphatic heterocycles. The second kappa shape index (κ2) is 9.21. The maximum atomic E-state index is 10.6. The van der Waals surface area contributed by atoms with Crippen molar-refractivity contribution in [2.24, 2.45) is 5.10 Å². The van der Waals surface area contributed by atoms with Crippen molar-refractivity contribution in [2.75, 3.05) is 5.43 Å². The van der Waals surface area contributed by atoms with Crippen molar-refractivity contribution in [3.63, 3.8) is 0 Å². The van der Waals surface area contributed by atoms with Gasteiger partial charge in [-0.1, -0.05) is 29.3 Å². The number of hydrogen-bond donors (Lipinski definition) is 1. The first-order chi connectivity index (χ1) is 13.5. The zero-order chi connectivity index (χ0) is 19.9. The molecule has 0 atom stereocenters. The Labute approximate surface area is 171 Å². The van der Waals surface area contributed by atoms with Gasteiger partial charge in [0.25, 0.3) is 5.69 Å². The molecule has 0 amide bonds. The molecule has 28 heavy (non-hydrogen) atoms. The third-order valence-electron chi connectivity index (χ3n) is 3.76. The summed E-state index contributed by atoms with van der Waals surface area (Å²) < 4.78 is 5.73. The topological polar surface area (TPSA) is 76.8 Å². The SMILES string of the molecule is O=[N+]([O-])c1ccc(NN=Cc2ccc(OCc3ccc(Cl)c(Cl)c3)cc2)cc1. The number of hydrogen-bond acceptors (Lipinski definition) is 5. The highest BCUT2D eigenvalue weighted by Gasteiger charge is 2.03. The number of hydrazone groups is 1. The Bertz CT molecular complexity index is 991. The van der Waals surface area contributed by atoms with E-state index in [9.17, 15) is 10.1 Å². The Morgan fingerprint density at radius 3 is 2.36 bits per heavy atom. The molecule has 0 spiro atoms. The largest absolute Gasteiger partial charge is 0.489 e. The zero-order valence-electron chi connectivity index (χ0n) is 14.5. The van der Waals surface area contributed by atoms with Gasteiger partial charge in [0.1, 0.15) is 12.4 Å². The van der Waals surface area contributed by atoms with Gasteiger partial charge < -0.3 is 4.74 Å². The lowest BCUT2D eigenvalue weighted by Gasteiger charge is -2.07. The molecule has 0 saturated heterocycles. The molecule has 0 heterocycles. The van der Waals surface area contributed by atoms with E-state index in [0.29, 0.717) is 28.1 Å². The molecule has 3 aromatic rings. The predicted octanol–water partition coefficient (Wildman–Crippen LogP) is 5.93. The third kappa shape index (κ3) is 5.45. The molecular formula is C20H15Cl2N3O3. The van der Waals surface area contributed by atoms with Gasteiger partial charge in [-0.05, 0) is 59.7 Å². The molecule has 142 valence electrons. The van der Waals surface area contributed by atoms with Gasteiger partial charge in [-0.2, -0.15) is 5.10 Å². The number of anilines is 1. The molecule has 3 aromatic carbocycles. The number of rotatable bonds is 7. The fourth-order valence-corrected chi connectivity index (χ4v) is 2.61. The maximum absolute atomic E-state index is 10.6. The van der Waals surface area contributed by atoms with Gasteiger partial charge in [-0.15, -0.1) is 0 Å². The van der Waals surface area contributed by atoms with Crippen LogP contribution in [-0.2, 0) is 6.61 Å². The van der Waals surface area contributed by atoms with Crippen LogP contribution < -0.4 is 10.2 Å². The van der Waals surface area contributed by atoms with Crippen molar-refractivity contribution >= 4 is 40.8 Å². The van der Waals surface area contributed by atoms with Crippen molar-refractivity contribution in [3.05, 3.63) is 98.0 Å². The van der Waals surface area contributed by atoms with Gasteiger partial charge in [-0.3, -0.25) is 15.5 Å². The Kier molecular flexibility index (Phi) is 6.47. The number of halogens is 2. The summed E-state index contributed by atoms with van der Waals surface area (Å²) in [6.45, 7) is 0.381. The Balaban J connectivity index is 1.52. The standard InChI is InChI=1S/C20H15Cl2N3O3/c21-19-10-3-15(11-20(19)22)13-28-18-8-1-14(2-9-18)12-23-24-16-4-6-17(7-5-16)25(26)27/h1-12,24H,13H2. The highest BCUT2D eigenvalue weighted by atomic mass is 35.5. The molecule has 0 bridgehead atoms. The lowest BCUT2D eigenvalue weighted by molar-refractivity contribution is -0.384. The van der Waals surface area contributed by atoms with Crippen LogP contribution in [0.1, 0.15) is 11.1 Å². The molecule has 3 rings (SSSR count). The van der Waals surface area contributed by atoms with E-state index in [1.807, 2.05) is 30.3 Å². The summed E-state index contributed by atoms with van der Waals surface area (Å²) in [5, 5.41) is 15.7. The molecule has 0 aliphatic carbocycles. The summed E-state index contributed by atoms with van der Waals surface area (Å²) in [6, 6.07) is 18.8. The molecular weight excluding hydrogens is 401 g/mol. The number of nitrogens with one attached hydrogen (secondary N) is 1. The monoisotopic (exact) mass is 415 g/mol. The summed E-state index contributed by atoms with van der Waals surface area (Å²) in [5.74, 6) is 0.714. The predicted molar refractivity (Wildman–Crippen MR) is 112 cm³/mol. The average Bonchev–Trinajstić information content (AvgIpc) is 2.70. The first-order valence-corrected chi connectivity index (χ1v) is 8.97. The molecule has 8 heteroatoms. The van der Waals surface area contributed by atoms with Crippen LogP contribution in [0.5, 0.6) is 5.75 Å². The molecule has 0 fully saturated rings. The lowest BCUT2D eigenvalue weighted by atomic mass is 10.2. The van der Waals surface area contributed by atoms with Crippen molar-refractivity contribution in [1.82, 2.24) is 0 Å². The fraction of sp³-hybridized carbons (Fsp3) is 0.0500. The van der Waals surface area contributed by atoms with Crippen molar-refractivity contribution in [2.45, 2.75) is 6.61 Å².